The lowest BCUT2D eigenvalue weighted by atomic mass is 9.95. The summed E-state index contributed by atoms with van der Waals surface area (Å²) in [4.78, 5) is 0. The Morgan fingerprint density at radius 3 is 2.20 bits per heavy atom. The van der Waals surface area contributed by atoms with E-state index in [9.17, 15) is 0 Å². The summed E-state index contributed by atoms with van der Waals surface area (Å²) in [5, 5.41) is 0. The van der Waals surface area contributed by atoms with Crippen LogP contribution in [0.15, 0.2) is 108 Å². The van der Waals surface area contributed by atoms with Gasteiger partial charge in [0.25, 0.3) is 0 Å². The van der Waals surface area contributed by atoms with Gasteiger partial charge in [0.2, 0.25) is 0 Å². The van der Waals surface area contributed by atoms with E-state index in [-0.39, 0.29) is 0 Å². The number of allylic oxidation sites excluding steroid dienone is 14. The molecule has 0 aromatic rings. The summed E-state index contributed by atoms with van der Waals surface area (Å²) >= 11 is 0. The first-order valence-corrected chi connectivity index (χ1v) is 6.84. The van der Waals surface area contributed by atoms with E-state index in [4.69, 9.17) is 0 Å². The van der Waals surface area contributed by atoms with Crippen molar-refractivity contribution in [2.45, 2.75) is 12.8 Å². The summed E-state index contributed by atoms with van der Waals surface area (Å²) in [6.07, 6.45) is 18.4. The van der Waals surface area contributed by atoms with Crippen LogP contribution in [0.4, 0.5) is 0 Å². The van der Waals surface area contributed by atoms with E-state index in [1.54, 1.807) is 6.08 Å². The first-order chi connectivity index (χ1) is 9.74. The maximum atomic E-state index is 4.27. The third-order valence-corrected chi connectivity index (χ3v) is 3.56. The third-order valence-electron chi connectivity index (χ3n) is 3.56. The van der Waals surface area contributed by atoms with Crippen molar-refractivity contribution >= 4 is 0 Å². The van der Waals surface area contributed by atoms with Crippen LogP contribution in [0.5, 0.6) is 0 Å². The van der Waals surface area contributed by atoms with Crippen molar-refractivity contribution in [3.63, 3.8) is 0 Å². The average Bonchev–Trinajstić information content (AvgIpc) is 2.67. The highest BCUT2D eigenvalue weighted by atomic mass is 14.3. The Kier molecular flexibility index (Phi) is 4.37. The molecule has 0 aromatic carbocycles. The van der Waals surface area contributed by atoms with Crippen LogP contribution < -0.4 is 0 Å². The summed E-state index contributed by atoms with van der Waals surface area (Å²) in [6.45, 7) is 15.9. The average molecular weight is 260 g/mol. The molecule has 0 radical (unpaired) electrons. The number of hydrogen-bond acceptors (Lipinski definition) is 0. The van der Waals surface area contributed by atoms with Gasteiger partial charge >= 0.3 is 0 Å². The molecule has 2 aliphatic rings. The smallest absolute Gasteiger partial charge is 0.00328 e. The lowest BCUT2D eigenvalue weighted by Crippen LogP contribution is -1.90. The topological polar surface area (TPSA) is 0 Å². The third kappa shape index (κ3) is 2.37. The predicted molar refractivity (Wildman–Crippen MR) is 89.4 cm³/mol. The number of hydrogen-bond donors (Lipinski definition) is 0. The molecule has 0 heterocycles. The van der Waals surface area contributed by atoms with Gasteiger partial charge in [0.05, 0.1) is 0 Å². The highest BCUT2D eigenvalue weighted by molar-refractivity contribution is 5.77. The van der Waals surface area contributed by atoms with Crippen molar-refractivity contribution in [2.75, 3.05) is 0 Å². The van der Waals surface area contributed by atoms with Gasteiger partial charge in [-0.25, -0.2) is 0 Å². The second kappa shape index (κ2) is 6.21. The van der Waals surface area contributed by atoms with E-state index in [1.807, 2.05) is 18.2 Å². The molecule has 0 saturated carbocycles. The van der Waals surface area contributed by atoms with E-state index in [2.05, 4.69) is 50.6 Å². The van der Waals surface area contributed by atoms with Gasteiger partial charge in [0, 0.05) is 0 Å². The Labute approximate surface area is 121 Å². The molecule has 100 valence electrons. The largest absolute Gasteiger partial charge is 0.0990 e. The molecule has 0 aliphatic heterocycles. The molecule has 20 heavy (non-hydrogen) atoms. The van der Waals surface area contributed by atoms with Crippen LogP contribution in [-0.4, -0.2) is 0 Å². The van der Waals surface area contributed by atoms with E-state index >= 15 is 0 Å². The molecule has 0 fully saturated rings. The molecule has 0 N–H and O–H groups in total. The fraction of sp³-hybridized carbons (Fsp3) is 0.100. The van der Waals surface area contributed by atoms with Crippen LogP contribution in [0.3, 0.4) is 0 Å². The molecule has 2 aliphatic carbocycles. The molecule has 0 bridgehead atoms. The van der Waals surface area contributed by atoms with Crippen LogP contribution in [0, 0.1) is 0 Å². The molecular weight excluding hydrogens is 240 g/mol. The van der Waals surface area contributed by atoms with Crippen LogP contribution in [0.2, 0.25) is 0 Å². The van der Waals surface area contributed by atoms with Crippen LogP contribution >= 0.6 is 0 Å². The summed E-state index contributed by atoms with van der Waals surface area (Å²) in [6, 6.07) is 0. The molecule has 2 rings (SSSR count). The van der Waals surface area contributed by atoms with Crippen LogP contribution in [0.25, 0.3) is 0 Å². The Morgan fingerprint density at radius 2 is 1.65 bits per heavy atom. The molecule has 0 unspecified atom stereocenters. The summed E-state index contributed by atoms with van der Waals surface area (Å²) in [5.74, 6) is 0. The summed E-state index contributed by atoms with van der Waals surface area (Å²) in [5.41, 5.74) is 6.69. The molecule has 0 heteroatoms. The van der Waals surface area contributed by atoms with Gasteiger partial charge in [0.15, 0.2) is 0 Å². The van der Waals surface area contributed by atoms with Crippen molar-refractivity contribution in [1.29, 1.82) is 0 Å². The molecule has 0 saturated heterocycles. The SMILES string of the molecule is C=C/C=C(/C=C)C1=C(C=C)C2=C(/C=C\CC/C=C\2)C1=C. The molecular formula is C20H20. The van der Waals surface area contributed by atoms with Gasteiger partial charge in [-0.1, -0.05) is 74.9 Å². The molecule has 0 amide bonds. The number of rotatable bonds is 4. The standard InChI is InChI=1S/C20H20/c1-5-12-16(6-2)20-15(4)18-13-10-8-9-11-14-19(18)17(20)7-3/h5-7,10-14H,1-4,8-9H2/b13-10-,14-11-,16-12-. The summed E-state index contributed by atoms with van der Waals surface area (Å²) in [7, 11) is 0. The highest BCUT2D eigenvalue weighted by Crippen LogP contribution is 2.42. The molecule has 0 aromatic heterocycles. The van der Waals surface area contributed by atoms with Gasteiger partial charge in [0.1, 0.15) is 0 Å². The van der Waals surface area contributed by atoms with Gasteiger partial charge in [-0.15, -0.1) is 0 Å². The Balaban J connectivity index is 2.65. The van der Waals surface area contributed by atoms with Gasteiger partial charge < -0.3 is 0 Å². The predicted octanol–water partition coefficient (Wildman–Crippen LogP) is 5.54. The fourth-order valence-electron chi connectivity index (χ4n) is 2.63. The molecule has 0 atom stereocenters. The monoisotopic (exact) mass is 260 g/mol. The van der Waals surface area contributed by atoms with Crippen LogP contribution in [-0.2, 0) is 0 Å². The summed E-state index contributed by atoms with van der Waals surface area (Å²) < 4.78 is 0. The Morgan fingerprint density at radius 1 is 1.00 bits per heavy atom. The zero-order valence-electron chi connectivity index (χ0n) is 11.9. The normalized spacial score (nSPS) is 22.0. The van der Waals surface area contributed by atoms with Crippen molar-refractivity contribution in [1.82, 2.24) is 0 Å². The van der Waals surface area contributed by atoms with Crippen molar-refractivity contribution in [3.8, 4) is 0 Å². The Hall–Kier alpha value is -2.34. The minimum absolute atomic E-state index is 1.03. The molecule has 0 spiro atoms. The fourth-order valence-corrected chi connectivity index (χ4v) is 2.63. The van der Waals surface area contributed by atoms with Gasteiger partial charge in [-0.3, -0.25) is 0 Å². The maximum Gasteiger partial charge on any atom is -0.00328 e. The second-order valence-corrected chi connectivity index (χ2v) is 4.74. The second-order valence-electron chi connectivity index (χ2n) is 4.74. The zero-order chi connectivity index (χ0) is 14.5. The lowest BCUT2D eigenvalue weighted by Gasteiger charge is -2.08. The van der Waals surface area contributed by atoms with Crippen molar-refractivity contribution in [2.24, 2.45) is 0 Å². The minimum Gasteiger partial charge on any atom is -0.0990 e. The van der Waals surface area contributed by atoms with Gasteiger partial charge in [-0.05, 0) is 46.3 Å². The Bertz CT molecular complexity index is 625. The lowest BCUT2D eigenvalue weighted by molar-refractivity contribution is 1.04. The highest BCUT2D eigenvalue weighted by Gasteiger charge is 2.24. The van der Waals surface area contributed by atoms with E-state index in [1.165, 1.54) is 11.1 Å². The van der Waals surface area contributed by atoms with E-state index in [0.29, 0.717) is 0 Å². The molecule has 0 nitrogen and oxygen atoms in total. The maximum absolute atomic E-state index is 4.27. The van der Waals surface area contributed by atoms with E-state index < -0.39 is 0 Å². The first kappa shape index (κ1) is 14.1. The van der Waals surface area contributed by atoms with Gasteiger partial charge in [-0.2, -0.15) is 0 Å². The quantitative estimate of drug-likeness (QED) is 0.582. The van der Waals surface area contributed by atoms with Crippen molar-refractivity contribution < 1.29 is 0 Å². The van der Waals surface area contributed by atoms with Crippen LogP contribution in [0.1, 0.15) is 12.8 Å². The first-order valence-electron chi connectivity index (χ1n) is 6.84. The minimum atomic E-state index is 1.03. The van der Waals surface area contributed by atoms with Crippen molar-refractivity contribution in [3.05, 3.63) is 108 Å². The zero-order valence-corrected chi connectivity index (χ0v) is 11.9. The van der Waals surface area contributed by atoms with E-state index in [0.717, 1.165) is 35.1 Å².